The summed E-state index contributed by atoms with van der Waals surface area (Å²) < 4.78 is 32.2. The quantitative estimate of drug-likeness (QED) is 0.633. The second-order valence-corrected chi connectivity index (χ2v) is 10.5. The summed E-state index contributed by atoms with van der Waals surface area (Å²) in [6.07, 6.45) is 0.568. The number of amides is 1. The predicted molar refractivity (Wildman–Crippen MR) is 115 cm³/mol. The highest BCUT2D eigenvalue weighted by atomic mass is 32.2. The van der Waals surface area contributed by atoms with Gasteiger partial charge in [0.2, 0.25) is 5.91 Å². The molecule has 0 bridgehead atoms. The number of hydrogen-bond acceptors (Lipinski definition) is 7. The summed E-state index contributed by atoms with van der Waals surface area (Å²) in [6.45, 7) is 5.12. The molecule has 1 aliphatic rings. The molecule has 11 heteroatoms. The van der Waals surface area contributed by atoms with E-state index in [1.807, 2.05) is 6.07 Å². The first kappa shape index (κ1) is 23.1. The Hall–Kier alpha value is -2.52. The number of H-pyrrole nitrogens is 1. The van der Waals surface area contributed by atoms with E-state index < -0.39 is 15.6 Å². The van der Waals surface area contributed by atoms with E-state index in [0.717, 1.165) is 21.8 Å². The zero-order valence-electron chi connectivity index (χ0n) is 17.4. The first-order valence-electron chi connectivity index (χ1n) is 9.79. The number of carbonyl (C=O) groups is 1. The van der Waals surface area contributed by atoms with E-state index in [4.69, 9.17) is 10.00 Å². The fraction of sp³-hybridized carbons (Fsp3) is 0.450. The molecule has 1 saturated heterocycles. The van der Waals surface area contributed by atoms with Gasteiger partial charge in [-0.3, -0.25) is 9.59 Å². The minimum absolute atomic E-state index is 0.0635. The van der Waals surface area contributed by atoms with Gasteiger partial charge in [-0.2, -0.15) is 9.57 Å². The summed E-state index contributed by atoms with van der Waals surface area (Å²) in [7, 11) is -3.54. The van der Waals surface area contributed by atoms with Crippen molar-refractivity contribution in [1.29, 1.82) is 5.26 Å². The first-order chi connectivity index (χ1) is 14.7. The molecule has 166 valence electrons. The van der Waals surface area contributed by atoms with Gasteiger partial charge in [-0.05, 0) is 43.5 Å². The number of nitrogens with one attached hydrogen (secondary N) is 2. The van der Waals surface area contributed by atoms with Gasteiger partial charge in [-0.15, -0.1) is 11.3 Å². The lowest BCUT2D eigenvalue weighted by molar-refractivity contribution is -0.121. The normalized spacial score (nSPS) is 14.9. The molecule has 1 fully saturated rings. The largest absolute Gasteiger partial charge is 0.379 e. The number of aromatic amines is 1. The average molecular weight is 465 g/mol. The minimum atomic E-state index is -3.54. The van der Waals surface area contributed by atoms with E-state index in [2.05, 4.69) is 10.3 Å². The number of aromatic nitrogens is 1. The highest BCUT2D eigenvalue weighted by Crippen LogP contribution is 2.25. The van der Waals surface area contributed by atoms with Crippen molar-refractivity contribution in [1.82, 2.24) is 14.6 Å². The lowest BCUT2D eigenvalue weighted by Gasteiger charge is -2.25. The maximum absolute atomic E-state index is 12.7. The SMILES string of the molecule is Cc1[nH]c(=O)c(C#N)c(C)c1CCC(=O)NCc1ccc(S(=O)(=O)N2CCOCC2)s1. The summed E-state index contributed by atoms with van der Waals surface area (Å²) in [6, 6.07) is 5.17. The van der Waals surface area contributed by atoms with Crippen molar-refractivity contribution >= 4 is 27.3 Å². The molecule has 1 amide bonds. The Kier molecular flexibility index (Phi) is 7.27. The van der Waals surface area contributed by atoms with Crippen molar-refractivity contribution in [3.63, 3.8) is 0 Å². The van der Waals surface area contributed by atoms with E-state index in [0.29, 0.717) is 44.0 Å². The zero-order valence-corrected chi connectivity index (χ0v) is 19.0. The summed E-state index contributed by atoms with van der Waals surface area (Å²) >= 11 is 1.14. The second kappa shape index (κ2) is 9.74. The lowest BCUT2D eigenvalue weighted by atomic mass is 9.99. The molecule has 1 aliphatic heterocycles. The van der Waals surface area contributed by atoms with Crippen LogP contribution >= 0.6 is 11.3 Å². The fourth-order valence-corrected chi connectivity index (χ4v) is 6.30. The van der Waals surface area contributed by atoms with E-state index in [9.17, 15) is 18.0 Å². The number of sulfonamides is 1. The molecule has 2 N–H and O–H groups in total. The number of ether oxygens (including phenoxy) is 1. The number of aryl methyl sites for hydroxylation is 1. The van der Waals surface area contributed by atoms with Gasteiger partial charge in [0.25, 0.3) is 15.6 Å². The highest BCUT2D eigenvalue weighted by molar-refractivity contribution is 7.91. The summed E-state index contributed by atoms with van der Waals surface area (Å²) in [4.78, 5) is 27.5. The molecule has 2 aromatic rings. The third-order valence-electron chi connectivity index (χ3n) is 5.18. The van der Waals surface area contributed by atoms with Crippen LogP contribution in [0.4, 0.5) is 0 Å². The molecule has 0 atom stereocenters. The number of rotatable bonds is 7. The van der Waals surface area contributed by atoms with Crippen LogP contribution in [0.25, 0.3) is 0 Å². The van der Waals surface area contributed by atoms with Gasteiger partial charge < -0.3 is 15.0 Å². The number of nitrogens with zero attached hydrogens (tertiary/aromatic N) is 2. The van der Waals surface area contributed by atoms with Crippen molar-refractivity contribution in [2.45, 2.75) is 37.4 Å². The minimum Gasteiger partial charge on any atom is -0.379 e. The third-order valence-corrected chi connectivity index (χ3v) is 8.63. The van der Waals surface area contributed by atoms with E-state index in [-0.39, 0.29) is 28.6 Å². The molecule has 0 aliphatic carbocycles. The van der Waals surface area contributed by atoms with Crippen molar-refractivity contribution in [3.05, 3.63) is 49.7 Å². The van der Waals surface area contributed by atoms with Crippen LogP contribution in [0.2, 0.25) is 0 Å². The molecular formula is C20H24N4O5S2. The van der Waals surface area contributed by atoms with Gasteiger partial charge in [0.05, 0.1) is 19.8 Å². The lowest BCUT2D eigenvalue weighted by Crippen LogP contribution is -2.40. The Morgan fingerprint density at radius 2 is 2.03 bits per heavy atom. The van der Waals surface area contributed by atoms with Gasteiger partial charge in [0.15, 0.2) is 0 Å². The van der Waals surface area contributed by atoms with Crippen molar-refractivity contribution in [2.75, 3.05) is 26.3 Å². The number of pyridine rings is 1. The Balaban J connectivity index is 1.58. The summed E-state index contributed by atoms with van der Waals surface area (Å²) in [5.41, 5.74) is 1.65. The van der Waals surface area contributed by atoms with Crippen LogP contribution < -0.4 is 10.9 Å². The molecule has 0 unspecified atom stereocenters. The Morgan fingerprint density at radius 1 is 1.32 bits per heavy atom. The molecule has 9 nitrogen and oxygen atoms in total. The molecular weight excluding hydrogens is 440 g/mol. The monoisotopic (exact) mass is 464 g/mol. The summed E-state index contributed by atoms with van der Waals surface area (Å²) in [5, 5.41) is 11.9. The topological polar surface area (TPSA) is 132 Å². The molecule has 0 spiro atoms. The van der Waals surface area contributed by atoms with Crippen LogP contribution in [-0.2, 0) is 32.5 Å². The number of nitriles is 1. The highest BCUT2D eigenvalue weighted by Gasteiger charge is 2.27. The van der Waals surface area contributed by atoms with Crippen molar-refractivity contribution < 1.29 is 17.9 Å². The second-order valence-electron chi connectivity index (χ2n) is 7.18. The van der Waals surface area contributed by atoms with E-state index in [1.165, 1.54) is 4.31 Å². The molecule has 3 heterocycles. The van der Waals surface area contributed by atoms with E-state index >= 15 is 0 Å². The maximum atomic E-state index is 12.7. The molecule has 0 saturated carbocycles. The van der Waals surface area contributed by atoms with Crippen molar-refractivity contribution in [2.24, 2.45) is 0 Å². The van der Waals surface area contributed by atoms with Crippen LogP contribution in [0.5, 0.6) is 0 Å². The van der Waals surface area contributed by atoms with Crippen LogP contribution in [-0.4, -0.2) is 49.9 Å². The Bertz CT molecular complexity index is 1170. The van der Waals surface area contributed by atoms with Crippen LogP contribution in [0, 0.1) is 25.2 Å². The van der Waals surface area contributed by atoms with Gasteiger partial charge in [-0.1, -0.05) is 0 Å². The summed E-state index contributed by atoms with van der Waals surface area (Å²) in [5.74, 6) is -0.200. The van der Waals surface area contributed by atoms with Gasteiger partial charge >= 0.3 is 0 Å². The number of carbonyl (C=O) groups excluding carboxylic acids is 1. The Labute approximate surface area is 184 Å². The average Bonchev–Trinajstić information content (AvgIpc) is 3.23. The van der Waals surface area contributed by atoms with E-state index in [1.54, 1.807) is 26.0 Å². The number of thiophene rings is 1. The molecule has 0 aromatic carbocycles. The molecule has 3 rings (SSSR count). The molecule has 31 heavy (non-hydrogen) atoms. The smallest absolute Gasteiger partial charge is 0.266 e. The van der Waals surface area contributed by atoms with Crippen molar-refractivity contribution in [3.8, 4) is 6.07 Å². The fourth-order valence-electron chi connectivity index (χ4n) is 3.44. The maximum Gasteiger partial charge on any atom is 0.266 e. The van der Waals surface area contributed by atoms with Gasteiger partial charge in [0.1, 0.15) is 15.8 Å². The standard InChI is InChI=1S/C20H24N4O5S2/c1-13-16(14(2)23-20(26)17(13)11-21)4-5-18(25)22-12-15-3-6-19(30-15)31(27,28)24-7-9-29-10-8-24/h3,6H,4-5,7-10,12H2,1-2H3,(H,22,25)(H,23,26). The van der Waals surface area contributed by atoms with Gasteiger partial charge in [-0.25, -0.2) is 8.42 Å². The van der Waals surface area contributed by atoms with Gasteiger partial charge in [0, 0.05) is 30.1 Å². The third kappa shape index (κ3) is 5.22. The first-order valence-corrected chi connectivity index (χ1v) is 12.1. The molecule has 0 radical (unpaired) electrons. The predicted octanol–water partition coefficient (Wildman–Crippen LogP) is 1.19. The zero-order chi connectivity index (χ0) is 22.6. The number of hydrogen-bond donors (Lipinski definition) is 2. The van der Waals surface area contributed by atoms with Crippen LogP contribution in [0.15, 0.2) is 21.1 Å². The molecule has 2 aromatic heterocycles. The number of morpholine rings is 1. The van der Waals surface area contributed by atoms with Crippen LogP contribution in [0.1, 0.15) is 33.7 Å². The Morgan fingerprint density at radius 3 is 2.71 bits per heavy atom. The van der Waals surface area contributed by atoms with Crippen LogP contribution in [0.3, 0.4) is 0 Å².